The number of rotatable bonds is 7. The Bertz CT molecular complexity index is 348. The number of piperidine rings is 1. The van der Waals surface area contributed by atoms with E-state index in [1.807, 2.05) is 18.7 Å². The Morgan fingerprint density at radius 3 is 2.48 bits per heavy atom. The van der Waals surface area contributed by atoms with Gasteiger partial charge >= 0.3 is 0 Å². The summed E-state index contributed by atoms with van der Waals surface area (Å²) < 4.78 is 0. The Hall–Kier alpha value is -1.14. The lowest BCUT2D eigenvalue weighted by atomic mass is 9.84. The lowest BCUT2D eigenvalue weighted by Crippen LogP contribution is -2.50. The van der Waals surface area contributed by atoms with Crippen LogP contribution in [0.4, 0.5) is 0 Å². The maximum absolute atomic E-state index is 12.5. The molecule has 2 amide bonds. The van der Waals surface area contributed by atoms with E-state index in [4.69, 9.17) is 10.8 Å². The molecule has 6 heteroatoms. The second-order valence-electron chi connectivity index (χ2n) is 6.05. The van der Waals surface area contributed by atoms with Crippen molar-refractivity contribution < 1.29 is 14.7 Å². The van der Waals surface area contributed by atoms with Crippen LogP contribution in [-0.2, 0) is 9.59 Å². The van der Waals surface area contributed by atoms with Gasteiger partial charge in [-0.2, -0.15) is 0 Å². The number of aliphatic hydroxyl groups is 1. The van der Waals surface area contributed by atoms with Crippen molar-refractivity contribution >= 4 is 11.8 Å². The Morgan fingerprint density at radius 1 is 1.38 bits per heavy atom. The van der Waals surface area contributed by atoms with Crippen LogP contribution < -0.4 is 11.1 Å². The van der Waals surface area contributed by atoms with Crippen molar-refractivity contribution in [3.8, 4) is 0 Å². The van der Waals surface area contributed by atoms with Gasteiger partial charge in [-0.25, -0.2) is 0 Å². The molecule has 21 heavy (non-hydrogen) atoms. The lowest BCUT2D eigenvalue weighted by Gasteiger charge is -2.37. The van der Waals surface area contributed by atoms with Gasteiger partial charge in [0.2, 0.25) is 11.8 Å². The SMILES string of the molecule is CCC(C)(CN)C(=O)N1CCC(C(=O)NCCCO)CC1. The standard InChI is InChI=1S/C15H29N3O3/c1-3-15(2,11-16)14(21)18-8-5-12(6-9-18)13(20)17-7-4-10-19/h12,19H,3-11,16H2,1-2H3,(H,17,20). The minimum Gasteiger partial charge on any atom is -0.396 e. The van der Waals surface area contributed by atoms with Crippen LogP contribution in [0.25, 0.3) is 0 Å². The molecule has 1 rings (SSSR count). The van der Waals surface area contributed by atoms with E-state index in [2.05, 4.69) is 5.32 Å². The van der Waals surface area contributed by atoms with E-state index in [0.29, 0.717) is 45.4 Å². The van der Waals surface area contributed by atoms with Gasteiger partial charge < -0.3 is 21.1 Å². The number of hydrogen-bond donors (Lipinski definition) is 3. The molecule has 6 nitrogen and oxygen atoms in total. The summed E-state index contributed by atoms with van der Waals surface area (Å²) in [7, 11) is 0. The highest BCUT2D eigenvalue weighted by Gasteiger charge is 2.36. The molecule has 0 radical (unpaired) electrons. The average molecular weight is 299 g/mol. The molecular formula is C15H29N3O3. The summed E-state index contributed by atoms with van der Waals surface area (Å²) in [5, 5.41) is 11.5. The molecule has 1 heterocycles. The van der Waals surface area contributed by atoms with Crippen LogP contribution in [0, 0.1) is 11.3 Å². The molecule has 1 fully saturated rings. The smallest absolute Gasteiger partial charge is 0.229 e. The van der Waals surface area contributed by atoms with Crippen molar-refractivity contribution in [3.63, 3.8) is 0 Å². The van der Waals surface area contributed by atoms with E-state index in [-0.39, 0.29) is 24.3 Å². The van der Waals surface area contributed by atoms with Gasteiger partial charge in [-0.05, 0) is 32.6 Å². The molecule has 0 aromatic carbocycles. The third-order valence-corrected chi connectivity index (χ3v) is 4.53. The van der Waals surface area contributed by atoms with Gasteiger partial charge in [-0.15, -0.1) is 0 Å². The fraction of sp³-hybridized carbons (Fsp3) is 0.867. The molecule has 0 saturated carbocycles. The summed E-state index contributed by atoms with van der Waals surface area (Å²) in [6.07, 6.45) is 2.69. The summed E-state index contributed by atoms with van der Waals surface area (Å²) in [6.45, 7) is 6.07. The van der Waals surface area contributed by atoms with Crippen molar-refractivity contribution in [1.82, 2.24) is 10.2 Å². The largest absolute Gasteiger partial charge is 0.396 e. The van der Waals surface area contributed by atoms with Gasteiger partial charge in [0.1, 0.15) is 0 Å². The van der Waals surface area contributed by atoms with Crippen molar-refractivity contribution in [1.29, 1.82) is 0 Å². The van der Waals surface area contributed by atoms with E-state index < -0.39 is 5.41 Å². The van der Waals surface area contributed by atoms with Gasteiger partial charge in [-0.1, -0.05) is 6.92 Å². The average Bonchev–Trinajstić information content (AvgIpc) is 2.53. The van der Waals surface area contributed by atoms with E-state index in [0.717, 1.165) is 6.42 Å². The monoisotopic (exact) mass is 299 g/mol. The minimum absolute atomic E-state index is 0.0292. The minimum atomic E-state index is -0.490. The highest BCUT2D eigenvalue weighted by atomic mass is 16.3. The number of nitrogens with one attached hydrogen (secondary N) is 1. The van der Waals surface area contributed by atoms with Crippen molar-refractivity contribution in [3.05, 3.63) is 0 Å². The molecule has 122 valence electrons. The molecule has 0 aliphatic carbocycles. The number of carbonyl (C=O) groups is 2. The number of carbonyl (C=O) groups excluding carboxylic acids is 2. The summed E-state index contributed by atoms with van der Waals surface area (Å²) in [6, 6.07) is 0. The first-order valence-electron chi connectivity index (χ1n) is 7.86. The van der Waals surface area contributed by atoms with Crippen molar-refractivity contribution in [2.24, 2.45) is 17.1 Å². The third-order valence-electron chi connectivity index (χ3n) is 4.53. The number of nitrogens with two attached hydrogens (primary N) is 1. The van der Waals surface area contributed by atoms with Gasteiger partial charge in [0.25, 0.3) is 0 Å². The maximum Gasteiger partial charge on any atom is 0.229 e. The predicted octanol–water partition coefficient (Wildman–Crippen LogP) is 0.0986. The first-order valence-corrected chi connectivity index (χ1v) is 7.86. The lowest BCUT2D eigenvalue weighted by molar-refractivity contribution is -0.144. The molecule has 0 aromatic heterocycles. The maximum atomic E-state index is 12.5. The first kappa shape index (κ1) is 17.9. The van der Waals surface area contributed by atoms with Gasteiger partial charge in [0.05, 0.1) is 5.41 Å². The van der Waals surface area contributed by atoms with Crippen LogP contribution in [-0.4, -0.2) is 54.6 Å². The molecule has 1 aliphatic rings. The normalized spacial score (nSPS) is 19.1. The molecule has 0 aromatic rings. The molecule has 1 atom stereocenters. The molecular weight excluding hydrogens is 270 g/mol. The topological polar surface area (TPSA) is 95.7 Å². The van der Waals surface area contributed by atoms with E-state index in [1.165, 1.54) is 0 Å². The number of amides is 2. The van der Waals surface area contributed by atoms with Crippen LogP contribution in [0.2, 0.25) is 0 Å². The second kappa shape index (κ2) is 8.34. The number of nitrogens with zero attached hydrogens (tertiary/aromatic N) is 1. The molecule has 1 saturated heterocycles. The van der Waals surface area contributed by atoms with Crippen LogP contribution in [0.1, 0.15) is 39.5 Å². The van der Waals surface area contributed by atoms with Gasteiger partial charge in [-0.3, -0.25) is 9.59 Å². The van der Waals surface area contributed by atoms with E-state index in [1.54, 1.807) is 0 Å². The number of likely N-dealkylation sites (tertiary alicyclic amines) is 1. The summed E-state index contributed by atoms with van der Waals surface area (Å²) in [5.74, 6) is 0.109. The Balaban J connectivity index is 2.45. The Morgan fingerprint density at radius 2 is 2.00 bits per heavy atom. The Labute approximate surface area is 127 Å². The molecule has 0 spiro atoms. The zero-order valence-corrected chi connectivity index (χ0v) is 13.2. The number of hydrogen-bond acceptors (Lipinski definition) is 4. The van der Waals surface area contributed by atoms with E-state index >= 15 is 0 Å². The molecule has 1 aliphatic heterocycles. The molecule has 4 N–H and O–H groups in total. The molecule has 0 bridgehead atoms. The highest BCUT2D eigenvalue weighted by Crippen LogP contribution is 2.26. The Kier molecular flexibility index (Phi) is 7.11. The van der Waals surface area contributed by atoms with Crippen LogP contribution in [0.15, 0.2) is 0 Å². The summed E-state index contributed by atoms with van der Waals surface area (Å²) >= 11 is 0. The van der Waals surface area contributed by atoms with Crippen LogP contribution in [0.3, 0.4) is 0 Å². The first-order chi connectivity index (χ1) is 9.98. The van der Waals surface area contributed by atoms with Crippen LogP contribution >= 0.6 is 0 Å². The van der Waals surface area contributed by atoms with Gasteiger partial charge in [0, 0.05) is 38.7 Å². The highest BCUT2D eigenvalue weighted by molar-refractivity contribution is 5.83. The molecule has 1 unspecified atom stereocenters. The van der Waals surface area contributed by atoms with Crippen molar-refractivity contribution in [2.75, 3.05) is 32.8 Å². The van der Waals surface area contributed by atoms with Crippen molar-refractivity contribution in [2.45, 2.75) is 39.5 Å². The fourth-order valence-electron chi connectivity index (χ4n) is 2.54. The zero-order chi connectivity index (χ0) is 15.9. The van der Waals surface area contributed by atoms with E-state index in [9.17, 15) is 9.59 Å². The second-order valence-corrected chi connectivity index (χ2v) is 6.05. The third kappa shape index (κ3) is 4.68. The predicted molar refractivity (Wildman–Crippen MR) is 81.5 cm³/mol. The summed E-state index contributed by atoms with van der Waals surface area (Å²) in [4.78, 5) is 26.3. The van der Waals surface area contributed by atoms with Crippen LogP contribution in [0.5, 0.6) is 0 Å². The summed E-state index contributed by atoms with van der Waals surface area (Å²) in [5.41, 5.74) is 5.25. The zero-order valence-electron chi connectivity index (χ0n) is 13.2. The van der Waals surface area contributed by atoms with Gasteiger partial charge in [0.15, 0.2) is 0 Å². The fourth-order valence-corrected chi connectivity index (χ4v) is 2.54. The quantitative estimate of drug-likeness (QED) is 0.581. The number of aliphatic hydroxyl groups excluding tert-OH is 1.